The molecule has 5 nitrogen and oxygen atoms in total. The van der Waals surface area contributed by atoms with Gasteiger partial charge in [0, 0.05) is 44.1 Å². The predicted molar refractivity (Wildman–Crippen MR) is 117 cm³/mol. The lowest BCUT2D eigenvalue weighted by molar-refractivity contribution is -0.133. The zero-order chi connectivity index (χ0) is 20.1. The minimum Gasteiger partial charge on any atom is -0.343 e. The fourth-order valence-electron chi connectivity index (χ4n) is 3.80. The second-order valence-corrected chi connectivity index (χ2v) is 8.07. The van der Waals surface area contributed by atoms with E-state index in [1.165, 1.54) is 17.1 Å². The first-order chi connectivity index (χ1) is 14.2. The van der Waals surface area contributed by atoms with E-state index in [9.17, 15) is 4.79 Å². The largest absolute Gasteiger partial charge is 0.343 e. The average molecular weight is 407 g/mol. The Balaban J connectivity index is 1.35. The molecule has 0 saturated carbocycles. The molecule has 3 aromatic rings. The minimum absolute atomic E-state index is 0.0539. The van der Waals surface area contributed by atoms with Crippen molar-refractivity contribution in [3.63, 3.8) is 0 Å². The first-order valence-electron chi connectivity index (χ1n) is 10.2. The summed E-state index contributed by atoms with van der Waals surface area (Å²) in [5.74, 6) is 1.05. The molecule has 1 amide bonds. The molecule has 1 atom stereocenters. The van der Waals surface area contributed by atoms with Crippen LogP contribution in [0.1, 0.15) is 36.2 Å². The van der Waals surface area contributed by atoms with Crippen molar-refractivity contribution in [3.05, 3.63) is 77.6 Å². The topological polar surface area (TPSA) is 49.3 Å². The van der Waals surface area contributed by atoms with E-state index < -0.39 is 0 Å². The second-order valence-electron chi connectivity index (χ2n) is 7.34. The third-order valence-corrected chi connectivity index (χ3v) is 6.25. The number of hydrogen-bond donors (Lipinski definition) is 0. The highest BCUT2D eigenvalue weighted by molar-refractivity contribution is 7.09. The van der Waals surface area contributed by atoms with Crippen molar-refractivity contribution in [2.24, 2.45) is 0 Å². The lowest BCUT2D eigenvalue weighted by atomic mass is 9.95. The van der Waals surface area contributed by atoms with Crippen LogP contribution in [0, 0.1) is 0 Å². The van der Waals surface area contributed by atoms with Gasteiger partial charge in [0.15, 0.2) is 0 Å². The van der Waals surface area contributed by atoms with Gasteiger partial charge in [0.25, 0.3) is 0 Å². The maximum atomic E-state index is 13.1. The molecule has 1 unspecified atom stereocenters. The molecule has 1 aliphatic heterocycles. The minimum atomic E-state index is -0.0539. The Kier molecular flexibility index (Phi) is 6.20. The quantitative estimate of drug-likeness (QED) is 0.621. The van der Waals surface area contributed by atoms with E-state index in [1.807, 2.05) is 41.3 Å². The van der Waals surface area contributed by atoms with Crippen molar-refractivity contribution in [3.8, 4) is 0 Å². The van der Waals surface area contributed by atoms with Gasteiger partial charge in [-0.3, -0.25) is 4.79 Å². The number of amides is 1. The second kappa shape index (κ2) is 9.18. The van der Waals surface area contributed by atoms with E-state index in [1.54, 1.807) is 0 Å². The third-order valence-electron chi connectivity index (χ3n) is 5.43. The Labute approximate surface area is 176 Å². The number of piperazine rings is 1. The monoisotopic (exact) mass is 406 g/mol. The van der Waals surface area contributed by atoms with Crippen molar-refractivity contribution in [2.75, 3.05) is 31.1 Å². The summed E-state index contributed by atoms with van der Waals surface area (Å²) >= 11 is 1.45. The van der Waals surface area contributed by atoms with Crippen LogP contribution in [0.5, 0.6) is 0 Å². The molecule has 4 rings (SSSR count). The predicted octanol–water partition coefficient (Wildman–Crippen LogP) is 3.97. The van der Waals surface area contributed by atoms with Crippen LogP contribution in [0.4, 0.5) is 5.13 Å². The van der Waals surface area contributed by atoms with Gasteiger partial charge in [-0.1, -0.05) is 67.6 Å². The SMILES string of the molecule is CCC(C(=O)N1CCN(c2nc(Cc3ccccc3)ns2)CC1)c1ccccc1. The maximum absolute atomic E-state index is 13.1. The first kappa shape index (κ1) is 19.6. The van der Waals surface area contributed by atoms with Gasteiger partial charge in [0.2, 0.25) is 11.0 Å². The Morgan fingerprint density at radius 2 is 1.66 bits per heavy atom. The molecule has 1 aliphatic rings. The average Bonchev–Trinajstić information content (AvgIpc) is 3.24. The van der Waals surface area contributed by atoms with Crippen LogP contribution in [0.25, 0.3) is 0 Å². The van der Waals surface area contributed by atoms with Crippen LogP contribution in [-0.2, 0) is 11.2 Å². The van der Waals surface area contributed by atoms with E-state index in [-0.39, 0.29) is 11.8 Å². The lowest BCUT2D eigenvalue weighted by Gasteiger charge is -2.36. The molecule has 0 radical (unpaired) electrons. The Morgan fingerprint density at radius 1 is 1.00 bits per heavy atom. The van der Waals surface area contributed by atoms with Gasteiger partial charge in [-0.25, -0.2) is 4.98 Å². The van der Waals surface area contributed by atoms with Crippen LogP contribution >= 0.6 is 11.5 Å². The number of benzene rings is 2. The Bertz CT molecular complexity index is 920. The normalized spacial score (nSPS) is 15.3. The number of carbonyl (C=O) groups excluding carboxylic acids is 1. The van der Waals surface area contributed by atoms with Gasteiger partial charge in [-0.15, -0.1) is 0 Å². The maximum Gasteiger partial charge on any atom is 0.230 e. The number of anilines is 1. The number of hydrogen-bond acceptors (Lipinski definition) is 5. The molecule has 2 heterocycles. The Morgan fingerprint density at radius 3 is 2.31 bits per heavy atom. The molecule has 1 aromatic heterocycles. The zero-order valence-corrected chi connectivity index (χ0v) is 17.5. The first-order valence-corrected chi connectivity index (χ1v) is 11.0. The van der Waals surface area contributed by atoms with Gasteiger partial charge < -0.3 is 9.80 Å². The summed E-state index contributed by atoms with van der Waals surface area (Å²) in [6.07, 6.45) is 1.58. The van der Waals surface area contributed by atoms with Crippen molar-refractivity contribution in [1.29, 1.82) is 0 Å². The van der Waals surface area contributed by atoms with Gasteiger partial charge >= 0.3 is 0 Å². The van der Waals surface area contributed by atoms with Crippen LogP contribution in [0.2, 0.25) is 0 Å². The smallest absolute Gasteiger partial charge is 0.230 e. The summed E-state index contributed by atoms with van der Waals surface area (Å²) in [5.41, 5.74) is 2.33. The molecule has 6 heteroatoms. The molecular formula is C23H26N4OS. The standard InChI is InChI=1S/C23H26N4OS/c1-2-20(19-11-7-4-8-12-19)22(28)26-13-15-27(16-14-26)23-24-21(25-29-23)17-18-9-5-3-6-10-18/h3-12,20H,2,13-17H2,1H3. The summed E-state index contributed by atoms with van der Waals surface area (Å²) in [4.78, 5) is 22.0. The fraction of sp³-hybridized carbons (Fsp3) is 0.348. The van der Waals surface area contributed by atoms with Crippen molar-refractivity contribution >= 4 is 22.6 Å². The number of nitrogens with zero attached hydrogens (tertiary/aromatic N) is 4. The van der Waals surface area contributed by atoms with Gasteiger partial charge in [0.05, 0.1) is 5.92 Å². The van der Waals surface area contributed by atoms with Crippen LogP contribution in [0.15, 0.2) is 60.7 Å². The molecule has 1 saturated heterocycles. The van der Waals surface area contributed by atoms with Crippen LogP contribution < -0.4 is 4.90 Å². The van der Waals surface area contributed by atoms with Gasteiger partial charge in [-0.05, 0) is 17.5 Å². The Hall–Kier alpha value is -2.73. The van der Waals surface area contributed by atoms with Crippen LogP contribution in [0.3, 0.4) is 0 Å². The van der Waals surface area contributed by atoms with Crippen LogP contribution in [-0.4, -0.2) is 46.3 Å². The van der Waals surface area contributed by atoms with Gasteiger partial charge in [-0.2, -0.15) is 4.37 Å². The van der Waals surface area contributed by atoms with Crippen molar-refractivity contribution < 1.29 is 4.79 Å². The van der Waals surface area contributed by atoms with Crippen molar-refractivity contribution in [2.45, 2.75) is 25.7 Å². The molecule has 0 N–H and O–H groups in total. The van der Waals surface area contributed by atoms with E-state index in [0.717, 1.165) is 55.5 Å². The fourth-order valence-corrected chi connectivity index (χ4v) is 4.54. The zero-order valence-electron chi connectivity index (χ0n) is 16.7. The van der Waals surface area contributed by atoms with E-state index >= 15 is 0 Å². The van der Waals surface area contributed by atoms with E-state index in [4.69, 9.17) is 4.98 Å². The molecular weight excluding hydrogens is 380 g/mol. The highest BCUT2D eigenvalue weighted by Gasteiger charge is 2.28. The highest BCUT2D eigenvalue weighted by Crippen LogP contribution is 2.25. The summed E-state index contributed by atoms with van der Waals surface area (Å²) in [6.45, 7) is 5.15. The van der Waals surface area contributed by atoms with E-state index in [2.05, 4.69) is 40.5 Å². The number of rotatable bonds is 6. The molecule has 2 aromatic carbocycles. The molecule has 0 spiro atoms. The van der Waals surface area contributed by atoms with E-state index in [0.29, 0.717) is 0 Å². The number of carbonyl (C=O) groups is 1. The molecule has 150 valence electrons. The van der Waals surface area contributed by atoms with Crippen molar-refractivity contribution in [1.82, 2.24) is 14.3 Å². The summed E-state index contributed by atoms with van der Waals surface area (Å²) < 4.78 is 4.53. The lowest BCUT2D eigenvalue weighted by Crippen LogP contribution is -2.50. The highest BCUT2D eigenvalue weighted by atomic mass is 32.1. The summed E-state index contributed by atoms with van der Waals surface area (Å²) in [7, 11) is 0. The summed E-state index contributed by atoms with van der Waals surface area (Å²) in [6, 6.07) is 20.4. The number of aromatic nitrogens is 2. The molecule has 29 heavy (non-hydrogen) atoms. The summed E-state index contributed by atoms with van der Waals surface area (Å²) in [5, 5.41) is 0.957. The third kappa shape index (κ3) is 4.65. The van der Waals surface area contributed by atoms with Gasteiger partial charge in [0.1, 0.15) is 5.82 Å². The molecule has 1 fully saturated rings. The molecule has 0 bridgehead atoms. The molecule has 0 aliphatic carbocycles.